The molecule has 0 spiro atoms. The van der Waals surface area contributed by atoms with Crippen molar-refractivity contribution in [3.63, 3.8) is 0 Å². The van der Waals surface area contributed by atoms with Crippen molar-refractivity contribution in [3.8, 4) is 0 Å². The van der Waals surface area contributed by atoms with Gasteiger partial charge in [-0.05, 0) is 24.8 Å². The highest BCUT2D eigenvalue weighted by Crippen LogP contribution is 2.25. The number of hydrogen-bond acceptors (Lipinski definition) is 4. The van der Waals surface area contributed by atoms with Crippen LogP contribution in [0.1, 0.15) is 18.4 Å². The van der Waals surface area contributed by atoms with Crippen LogP contribution in [0.5, 0.6) is 0 Å². The first-order chi connectivity index (χ1) is 8.70. The summed E-state index contributed by atoms with van der Waals surface area (Å²) in [6.07, 6.45) is 2.07. The van der Waals surface area contributed by atoms with E-state index in [4.69, 9.17) is 4.74 Å². The van der Waals surface area contributed by atoms with Crippen LogP contribution in [0.4, 0.5) is 0 Å². The van der Waals surface area contributed by atoms with Crippen LogP contribution in [0, 0.1) is 5.92 Å². The van der Waals surface area contributed by atoms with Crippen molar-refractivity contribution in [1.29, 1.82) is 0 Å². The fourth-order valence-electron chi connectivity index (χ4n) is 2.49. The Morgan fingerprint density at radius 1 is 1.44 bits per heavy atom. The molecule has 2 atom stereocenters. The van der Waals surface area contributed by atoms with E-state index >= 15 is 0 Å². The lowest BCUT2D eigenvalue weighted by molar-refractivity contribution is -0.167. The fourth-order valence-corrected chi connectivity index (χ4v) is 2.49. The van der Waals surface area contributed by atoms with Gasteiger partial charge in [0.15, 0.2) is 0 Å². The molecule has 2 rings (SSSR count). The summed E-state index contributed by atoms with van der Waals surface area (Å²) in [5.74, 6) is -0.256. The van der Waals surface area contributed by atoms with Crippen molar-refractivity contribution in [1.82, 2.24) is 5.06 Å². The molecule has 0 bridgehead atoms. The van der Waals surface area contributed by atoms with Crippen molar-refractivity contribution >= 4 is 5.97 Å². The third-order valence-electron chi connectivity index (χ3n) is 3.53. The van der Waals surface area contributed by atoms with E-state index in [0.29, 0.717) is 19.4 Å². The predicted octanol–water partition coefficient (Wildman–Crippen LogP) is 1.87. The maximum absolute atomic E-state index is 11.5. The molecule has 2 unspecified atom stereocenters. The average Bonchev–Trinajstić information content (AvgIpc) is 2.41. The van der Waals surface area contributed by atoms with E-state index in [1.807, 2.05) is 30.3 Å². The van der Waals surface area contributed by atoms with Crippen molar-refractivity contribution in [3.05, 3.63) is 35.9 Å². The molecule has 1 fully saturated rings. The minimum atomic E-state index is -0.166. The van der Waals surface area contributed by atoms with Gasteiger partial charge in [-0.3, -0.25) is 4.79 Å². The first-order valence-electron chi connectivity index (χ1n) is 6.28. The van der Waals surface area contributed by atoms with E-state index < -0.39 is 0 Å². The molecule has 4 nitrogen and oxygen atoms in total. The van der Waals surface area contributed by atoms with Gasteiger partial charge in [0.25, 0.3) is 0 Å². The molecule has 1 aromatic carbocycles. The summed E-state index contributed by atoms with van der Waals surface area (Å²) in [5, 5.41) is 11.2. The van der Waals surface area contributed by atoms with Gasteiger partial charge in [0.1, 0.15) is 0 Å². The molecule has 1 N–H and O–H groups in total. The largest absolute Gasteiger partial charge is 0.469 e. The van der Waals surface area contributed by atoms with E-state index in [9.17, 15) is 10.0 Å². The first-order valence-corrected chi connectivity index (χ1v) is 6.28. The van der Waals surface area contributed by atoms with Crippen molar-refractivity contribution in [2.24, 2.45) is 5.92 Å². The third-order valence-corrected chi connectivity index (χ3v) is 3.53. The molecule has 1 aliphatic rings. The van der Waals surface area contributed by atoms with Crippen LogP contribution >= 0.6 is 0 Å². The predicted molar refractivity (Wildman–Crippen MR) is 67.2 cm³/mol. The Morgan fingerprint density at radius 3 is 2.83 bits per heavy atom. The summed E-state index contributed by atoms with van der Waals surface area (Å²) in [4.78, 5) is 11.5. The van der Waals surface area contributed by atoms with Crippen LogP contribution in [-0.2, 0) is 16.0 Å². The Labute approximate surface area is 107 Å². The monoisotopic (exact) mass is 249 g/mol. The smallest absolute Gasteiger partial charge is 0.308 e. The normalized spacial score (nSPS) is 24.8. The summed E-state index contributed by atoms with van der Waals surface area (Å²) < 4.78 is 4.78. The van der Waals surface area contributed by atoms with Crippen LogP contribution in [0.15, 0.2) is 30.3 Å². The van der Waals surface area contributed by atoms with Gasteiger partial charge in [-0.25, -0.2) is 0 Å². The molecule has 0 amide bonds. The van der Waals surface area contributed by atoms with Gasteiger partial charge in [0, 0.05) is 12.6 Å². The number of methoxy groups -OCH3 is 1. The van der Waals surface area contributed by atoms with E-state index in [0.717, 1.165) is 6.42 Å². The van der Waals surface area contributed by atoms with Gasteiger partial charge in [0.05, 0.1) is 13.0 Å². The average molecular weight is 249 g/mol. The number of rotatable bonds is 3. The number of carbonyl (C=O) groups excluding carboxylic acids is 1. The van der Waals surface area contributed by atoms with Crippen molar-refractivity contribution in [2.75, 3.05) is 13.7 Å². The zero-order valence-corrected chi connectivity index (χ0v) is 10.6. The quantitative estimate of drug-likeness (QED) is 0.831. The molecule has 0 radical (unpaired) electrons. The first kappa shape index (κ1) is 13.1. The van der Waals surface area contributed by atoms with E-state index in [1.165, 1.54) is 17.7 Å². The Morgan fingerprint density at radius 2 is 2.17 bits per heavy atom. The highest BCUT2D eigenvalue weighted by Gasteiger charge is 2.32. The number of piperidine rings is 1. The lowest BCUT2D eigenvalue weighted by Crippen LogP contribution is -2.43. The third kappa shape index (κ3) is 3.09. The Hall–Kier alpha value is -1.39. The van der Waals surface area contributed by atoms with Gasteiger partial charge in [0.2, 0.25) is 0 Å². The molecule has 1 aliphatic heterocycles. The van der Waals surface area contributed by atoms with Gasteiger partial charge in [-0.15, -0.1) is 0 Å². The zero-order chi connectivity index (χ0) is 13.0. The number of hydroxylamine groups is 2. The van der Waals surface area contributed by atoms with Gasteiger partial charge in [-0.1, -0.05) is 30.3 Å². The van der Waals surface area contributed by atoms with Crippen LogP contribution in [0.2, 0.25) is 0 Å². The molecule has 1 aromatic rings. The summed E-state index contributed by atoms with van der Waals surface area (Å²) >= 11 is 0. The Balaban J connectivity index is 2.00. The summed E-state index contributed by atoms with van der Waals surface area (Å²) in [6.45, 7) is 0.525. The van der Waals surface area contributed by atoms with E-state index in [1.54, 1.807) is 0 Å². The fraction of sp³-hybridized carbons (Fsp3) is 0.500. The van der Waals surface area contributed by atoms with Crippen LogP contribution in [-0.4, -0.2) is 35.9 Å². The molecule has 0 aliphatic carbocycles. The van der Waals surface area contributed by atoms with Gasteiger partial charge >= 0.3 is 5.97 Å². The maximum Gasteiger partial charge on any atom is 0.308 e. The molecular formula is C14H19NO3. The standard InChI is InChI=1S/C14H19NO3/c1-18-14(16)12-7-8-15(17)13(10-12)9-11-5-3-2-4-6-11/h2-6,12-13,17H,7-10H2,1H3. The highest BCUT2D eigenvalue weighted by molar-refractivity contribution is 5.72. The molecule has 0 saturated carbocycles. The Kier molecular flexibility index (Phi) is 4.33. The minimum Gasteiger partial charge on any atom is -0.469 e. The molecule has 1 heterocycles. The number of hydrogen-bond donors (Lipinski definition) is 1. The molecule has 98 valence electrons. The van der Waals surface area contributed by atoms with Gasteiger partial charge < -0.3 is 9.94 Å². The minimum absolute atomic E-state index is 0.00903. The maximum atomic E-state index is 11.5. The Bertz CT molecular complexity index is 393. The number of carbonyl (C=O) groups is 1. The second kappa shape index (κ2) is 5.98. The second-order valence-electron chi connectivity index (χ2n) is 4.75. The van der Waals surface area contributed by atoms with Crippen LogP contribution in [0.3, 0.4) is 0 Å². The van der Waals surface area contributed by atoms with Crippen LogP contribution < -0.4 is 0 Å². The van der Waals surface area contributed by atoms with Gasteiger partial charge in [-0.2, -0.15) is 5.06 Å². The molecule has 4 heteroatoms. The summed E-state index contributed by atoms with van der Waals surface area (Å²) in [5.41, 5.74) is 1.17. The molecule has 18 heavy (non-hydrogen) atoms. The molecule has 0 aromatic heterocycles. The highest BCUT2D eigenvalue weighted by atomic mass is 16.5. The molecule has 1 saturated heterocycles. The van der Waals surface area contributed by atoms with E-state index in [2.05, 4.69) is 0 Å². The lowest BCUT2D eigenvalue weighted by atomic mass is 9.89. The lowest BCUT2D eigenvalue weighted by Gasteiger charge is -2.34. The van der Waals surface area contributed by atoms with E-state index in [-0.39, 0.29) is 17.9 Å². The summed E-state index contributed by atoms with van der Waals surface area (Å²) in [7, 11) is 1.42. The molecular weight excluding hydrogens is 230 g/mol. The van der Waals surface area contributed by atoms with Crippen molar-refractivity contribution in [2.45, 2.75) is 25.3 Å². The number of ether oxygens (including phenoxy) is 1. The van der Waals surface area contributed by atoms with Crippen LogP contribution in [0.25, 0.3) is 0 Å². The zero-order valence-electron chi connectivity index (χ0n) is 10.6. The number of nitrogens with zero attached hydrogens (tertiary/aromatic N) is 1. The number of benzene rings is 1. The van der Waals surface area contributed by atoms with Crippen molar-refractivity contribution < 1.29 is 14.7 Å². The topological polar surface area (TPSA) is 49.8 Å². The number of esters is 1. The second-order valence-corrected chi connectivity index (χ2v) is 4.75. The SMILES string of the molecule is COC(=O)C1CCN(O)C(Cc2ccccc2)C1. The summed E-state index contributed by atoms with van der Waals surface area (Å²) in [6, 6.07) is 10.0.